The van der Waals surface area contributed by atoms with E-state index in [1.54, 1.807) is 12.3 Å². The highest BCUT2D eigenvalue weighted by atomic mass is 16.3. The number of aromatic nitrogens is 1. The molecule has 0 fully saturated rings. The van der Waals surface area contributed by atoms with Crippen molar-refractivity contribution >= 4 is 10.8 Å². The molecule has 0 aliphatic rings. The van der Waals surface area contributed by atoms with Crippen LogP contribution in [0.1, 0.15) is 31.0 Å². The number of phenols is 1. The van der Waals surface area contributed by atoms with Gasteiger partial charge in [-0.2, -0.15) is 0 Å². The lowest BCUT2D eigenvalue weighted by atomic mass is 9.95. The number of nitrogens with zero attached hydrogens (tertiary/aromatic N) is 1. The molecule has 0 unspecified atom stereocenters. The van der Waals surface area contributed by atoms with Gasteiger partial charge in [-0.1, -0.05) is 13.8 Å². The molecule has 0 aliphatic heterocycles. The van der Waals surface area contributed by atoms with Crippen LogP contribution in [0.3, 0.4) is 0 Å². The molecule has 2 heteroatoms. The summed E-state index contributed by atoms with van der Waals surface area (Å²) < 4.78 is 0. The summed E-state index contributed by atoms with van der Waals surface area (Å²) in [6, 6.07) is 5.56. The summed E-state index contributed by atoms with van der Waals surface area (Å²) in [6.07, 6.45) is 1.78. The molecule has 0 saturated carbocycles. The number of hydrogen-bond donors (Lipinski definition) is 1. The molecule has 2 nitrogen and oxygen atoms in total. The molecular weight excluding hydrogens is 186 g/mol. The van der Waals surface area contributed by atoms with Gasteiger partial charge >= 0.3 is 0 Å². The third-order valence-electron chi connectivity index (χ3n) is 2.69. The third-order valence-corrected chi connectivity index (χ3v) is 2.69. The van der Waals surface area contributed by atoms with Gasteiger partial charge in [0.1, 0.15) is 5.75 Å². The van der Waals surface area contributed by atoms with Crippen molar-refractivity contribution in [1.29, 1.82) is 0 Å². The Hall–Kier alpha value is -1.57. The van der Waals surface area contributed by atoms with Crippen LogP contribution in [0.25, 0.3) is 10.8 Å². The summed E-state index contributed by atoms with van der Waals surface area (Å²) in [7, 11) is 0. The molecule has 0 spiro atoms. The van der Waals surface area contributed by atoms with Crippen molar-refractivity contribution in [2.24, 2.45) is 0 Å². The number of benzene rings is 1. The Kier molecular flexibility index (Phi) is 2.35. The van der Waals surface area contributed by atoms with E-state index in [2.05, 4.69) is 18.8 Å². The molecule has 0 saturated heterocycles. The quantitative estimate of drug-likeness (QED) is 0.767. The second-order valence-electron chi connectivity index (χ2n) is 4.18. The minimum Gasteiger partial charge on any atom is -0.508 e. The zero-order valence-corrected chi connectivity index (χ0v) is 9.28. The van der Waals surface area contributed by atoms with E-state index in [1.807, 2.05) is 19.1 Å². The highest BCUT2D eigenvalue weighted by Gasteiger charge is 2.09. The predicted octanol–water partition coefficient (Wildman–Crippen LogP) is 3.37. The molecule has 0 atom stereocenters. The summed E-state index contributed by atoms with van der Waals surface area (Å²) in [5, 5.41) is 11.9. The van der Waals surface area contributed by atoms with Crippen LogP contribution in [-0.2, 0) is 0 Å². The van der Waals surface area contributed by atoms with E-state index in [0.29, 0.717) is 11.7 Å². The molecule has 78 valence electrons. The molecule has 0 amide bonds. The van der Waals surface area contributed by atoms with Crippen molar-refractivity contribution in [1.82, 2.24) is 4.98 Å². The van der Waals surface area contributed by atoms with Crippen molar-refractivity contribution < 1.29 is 5.11 Å². The van der Waals surface area contributed by atoms with Crippen LogP contribution in [0.4, 0.5) is 0 Å². The second kappa shape index (κ2) is 3.54. The lowest BCUT2D eigenvalue weighted by Gasteiger charge is -2.12. The first-order valence-electron chi connectivity index (χ1n) is 5.18. The number of fused-ring (bicyclic) bond motifs is 1. The fourth-order valence-electron chi connectivity index (χ4n) is 1.97. The Bertz CT molecular complexity index is 503. The number of hydrogen-bond acceptors (Lipinski definition) is 2. The Morgan fingerprint density at radius 1 is 1.27 bits per heavy atom. The monoisotopic (exact) mass is 201 g/mol. The molecular formula is C13H15NO. The second-order valence-corrected chi connectivity index (χ2v) is 4.18. The van der Waals surface area contributed by atoms with Gasteiger partial charge in [-0.05, 0) is 42.0 Å². The molecule has 0 radical (unpaired) electrons. The van der Waals surface area contributed by atoms with Crippen LogP contribution < -0.4 is 0 Å². The van der Waals surface area contributed by atoms with Crippen molar-refractivity contribution in [3.05, 3.63) is 35.7 Å². The molecule has 0 aliphatic carbocycles. The van der Waals surface area contributed by atoms with Gasteiger partial charge in [-0.3, -0.25) is 4.98 Å². The maximum Gasteiger partial charge on any atom is 0.116 e. The van der Waals surface area contributed by atoms with Crippen molar-refractivity contribution in [3.63, 3.8) is 0 Å². The number of aryl methyl sites for hydroxylation is 1. The van der Waals surface area contributed by atoms with Gasteiger partial charge in [0.05, 0.1) is 0 Å². The van der Waals surface area contributed by atoms with Crippen LogP contribution in [0.5, 0.6) is 5.75 Å². The lowest BCUT2D eigenvalue weighted by molar-refractivity contribution is 0.475. The molecule has 0 bridgehead atoms. The average Bonchev–Trinajstić information content (AvgIpc) is 2.16. The maximum absolute atomic E-state index is 9.63. The zero-order valence-electron chi connectivity index (χ0n) is 9.28. The zero-order chi connectivity index (χ0) is 11.0. The summed E-state index contributed by atoms with van der Waals surface area (Å²) in [4.78, 5) is 4.30. The van der Waals surface area contributed by atoms with E-state index in [-0.39, 0.29) is 0 Å². The molecule has 1 heterocycles. The average molecular weight is 201 g/mol. The Labute approximate surface area is 89.6 Å². The minimum absolute atomic E-state index is 0.330. The smallest absolute Gasteiger partial charge is 0.116 e. The summed E-state index contributed by atoms with van der Waals surface area (Å²) in [5.74, 6) is 0.722. The van der Waals surface area contributed by atoms with Crippen molar-refractivity contribution in [2.45, 2.75) is 26.7 Å². The highest BCUT2D eigenvalue weighted by Crippen LogP contribution is 2.30. The Morgan fingerprint density at radius 2 is 2.00 bits per heavy atom. The van der Waals surface area contributed by atoms with E-state index in [9.17, 15) is 5.11 Å². The van der Waals surface area contributed by atoms with Crippen molar-refractivity contribution in [2.75, 3.05) is 0 Å². The van der Waals surface area contributed by atoms with Gasteiger partial charge < -0.3 is 5.11 Å². The SMILES string of the molecule is Cc1nccc2cc(O)cc(C(C)C)c12. The maximum atomic E-state index is 9.63. The van der Waals surface area contributed by atoms with Crippen molar-refractivity contribution in [3.8, 4) is 5.75 Å². The van der Waals surface area contributed by atoms with Gasteiger partial charge in [0.25, 0.3) is 0 Å². The minimum atomic E-state index is 0.330. The molecule has 15 heavy (non-hydrogen) atoms. The predicted molar refractivity (Wildman–Crippen MR) is 62.2 cm³/mol. The van der Waals surface area contributed by atoms with E-state index >= 15 is 0 Å². The standard InChI is InChI=1S/C13H15NO/c1-8(2)12-7-11(15)6-10-4-5-14-9(3)13(10)12/h4-8,15H,1-3H3. The first-order valence-corrected chi connectivity index (χ1v) is 5.18. The van der Waals surface area contributed by atoms with E-state index in [0.717, 1.165) is 16.6 Å². The first kappa shape index (κ1) is 9.97. The van der Waals surface area contributed by atoms with Gasteiger partial charge in [-0.15, -0.1) is 0 Å². The number of pyridine rings is 1. The normalized spacial score (nSPS) is 11.2. The van der Waals surface area contributed by atoms with Gasteiger partial charge in [0.15, 0.2) is 0 Å². The van der Waals surface area contributed by atoms with Crippen LogP contribution in [0.15, 0.2) is 24.4 Å². The lowest BCUT2D eigenvalue weighted by Crippen LogP contribution is -1.93. The van der Waals surface area contributed by atoms with E-state index in [4.69, 9.17) is 0 Å². The topological polar surface area (TPSA) is 33.1 Å². The first-order chi connectivity index (χ1) is 7.09. The van der Waals surface area contributed by atoms with Crippen LogP contribution in [-0.4, -0.2) is 10.1 Å². The van der Waals surface area contributed by atoms with E-state index in [1.165, 1.54) is 5.39 Å². The summed E-state index contributed by atoms with van der Waals surface area (Å²) in [5.41, 5.74) is 2.19. The number of phenolic OH excluding ortho intramolecular Hbond substituents is 1. The largest absolute Gasteiger partial charge is 0.508 e. The molecule has 1 aromatic carbocycles. The van der Waals surface area contributed by atoms with Crippen LogP contribution in [0.2, 0.25) is 0 Å². The fourth-order valence-corrected chi connectivity index (χ4v) is 1.97. The van der Waals surface area contributed by atoms with Crippen LogP contribution in [0, 0.1) is 6.92 Å². The van der Waals surface area contributed by atoms with Gasteiger partial charge in [0.2, 0.25) is 0 Å². The van der Waals surface area contributed by atoms with Gasteiger partial charge in [-0.25, -0.2) is 0 Å². The van der Waals surface area contributed by atoms with Crippen LogP contribution >= 0.6 is 0 Å². The Balaban J connectivity index is 2.88. The third kappa shape index (κ3) is 1.67. The number of aromatic hydroxyl groups is 1. The molecule has 1 N–H and O–H groups in total. The molecule has 1 aromatic heterocycles. The summed E-state index contributed by atoms with van der Waals surface area (Å²) >= 11 is 0. The molecule has 2 aromatic rings. The summed E-state index contributed by atoms with van der Waals surface area (Å²) in [6.45, 7) is 6.26. The fraction of sp³-hybridized carbons (Fsp3) is 0.308. The molecule has 2 rings (SSSR count). The van der Waals surface area contributed by atoms with Gasteiger partial charge in [0, 0.05) is 17.3 Å². The Morgan fingerprint density at radius 3 is 2.67 bits per heavy atom. The number of rotatable bonds is 1. The van der Waals surface area contributed by atoms with E-state index < -0.39 is 0 Å². The highest BCUT2D eigenvalue weighted by molar-refractivity contribution is 5.89.